The van der Waals surface area contributed by atoms with Gasteiger partial charge in [-0.15, -0.1) is 0 Å². The van der Waals surface area contributed by atoms with Gasteiger partial charge in [0, 0.05) is 0 Å². The molecule has 0 aromatic rings. The summed E-state index contributed by atoms with van der Waals surface area (Å²) in [5.41, 5.74) is 0. The van der Waals surface area contributed by atoms with Crippen molar-refractivity contribution in [2.24, 2.45) is 0 Å². The average Bonchev–Trinajstić information content (AvgIpc) is 1.00. The Hall–Kier alpha value is 0.602. The Bertz CT molecular complexity index is 3.61. The summed E-state index contributed by atoms with van der Waals surface area (Å²) >= 11 is 0.0556. The summed E-state index contributed by atoms with van der Waals surface area (Å²) < 4.78 is 8.39. The van der Waals surface area contributed by atoms with Crippen molar-refractivity contribution >= 4 is 25.8 Å². The van der Waals surface area contributed by atoms with E-state index in [-0.39, 0.29) is 42.2 Å². The van der Waals surface area contributed by atoms with E-state index in [1.54, 1.807) is 0 Å². The van der Waals surface area contributed by atoms with E-state index in [1.807, 2.05) is 0 Å². The van der Waals surface area contributed by atoms with Crippen LogP contribution in [-0.4, -0.2) is 42.2 Å². The molecule has 0 amide bonds. The molecule has 0 aromatic heterocycles. The van der Waals surface area contributed by atoms with Crippen LogP contribution in [0.1, 0.15) is 0 Å². The van der Waals surface area contributed by atoms with Crippen molar-refractivity contribution in [1.29, 1.82) is 0 Å². The van der Waals surface area contributed by atoms with Gasteiger partial charge in [-0.05, 0) is 0 Å². The zero-order chi connectivity index (χ0) is 2.00. The molecule has 0 saturated heterocycles. The molecule has 4 nitrogen and oxygen atoms in total. The second-order valence-electron chi connectivity index (χ2n) is 0. The van der Waals surface area contributed by atoms with E-state index in [9.17, 15) is 0 Å². The second kappa shape index (κ2) is 165. The second-order valence-corrected chi connectivity index (χ2v) is 0. The van der Waals surface area contributed by atoms with Crippen molar-refractivity contribution < 1.29 is 19.1 Å². The molecular weight excluding hydrogens is 271 g/mol. The van der Waals surface area contributed by atoms with Crippen LogP contribution >= 0.6 is 0 Å². The molecule has 0 fully saturated rings. The van der Waals surface area contributed by atoms with Crippen molar-refractivity contribution in [3.8, 4) is 0 Å². The summed E-state index contributed by atoms with van der Waals surface area (Å²) in [6, 6.07) is 0. The molecule has 0 rings (SSSR count). The molecule has 0 heterocycles. The van der Waals surface area contributed by atoms with Gasteiger partial charge >= 0.3 is 28.5 Å². The van der Waals surface area contributed by atoms with Gasteiger partial charge in [0.1, 0.15) is 0 Å². The van der Waals surface area contributed by atoms with Crippen LogP contribution in [0.5, 0.6) is 0 Å². The average molecular weight is 277 g/mol. The summed E-state index contributed by atoms with van der Waals surface area (Å²) in [5, 5.41) is 0. The van der Waals surface area contributed by atoms with Gasteiger partial charge in [-0.2, -0.15) is 0 Å². The number of hydrogen-bond acceptors (Lipinski definition) is 1. The van der Waals surface area contributed by atoms with Crippen LogP contribution in [0.3, 0.4) is 0 Å². The van der Waals surface area contributed by atoms with Crippen molar-refractivity contribution in [3.63, 3.8) is 0 Å². The van der Waals surface area contributed by atoms with Crippen LogP contribution in [0, 0.1) is 0 Å². The third-order valence-corrected chi connectivity index (χ3v) is 0. The summed E-state index contributed by atoms with van der Waals surface area (Å²) in [4.78, 5) is 0. The van der Waals surface area contributed by atoms with Gasteiger partial charge < -0.3 is 16.4 Å². The van der Waals surface area contributed by atoms with Crippen LogP contribution in [0.2, 0.25) is 0 Å². The molecule has 0 atom stereocenters. The summed E-state index contributed by atoms with van der Waals surface area (Å²) in [6.45, 7) is 0. The Morgan fingerprint density at radius 1 is 0.800 bits per heavy atom. The van der Waals surface area contributed by atoms with Crippen molar-refractivity contribution in [3.05, 3.63) is 0 Å². The Morgan fingerprint density at radius 2 is 0.800 bits per heavy atom. The van der Waals surface area contributed by atoms with Crippen LogP contribution in [0.15, 0.2) is 0 Å². The van der Waals surface area contributed by atoms with E-state index in [0.717, 1.165) is 0 Å². The maximum absolute atomic E-state index is 8.39. The fourth-order valence-corrected chi connectivity index (χ4v) is 0. The minimum absolute atomic E-state index is 0. The first kappa shape index (κ1) is 46.2. The first-order valence-corrected chi connectivity index (χ1v) is 1.79. The molecule has 6 N–H and O–H groups in total. The van der Waals surface area contributed by atoms with Gasteiger partial charge in [-0.3, -0.25) is 0 Å². The first-order chi connectivity index (χ1) is 1.00. The van der Waals surface area contributed by atoms with E-state index in [0.29, 0.717) is 0 Å². The van der Waals surface area contributed by atoms with Crippen LogP contribution in [-0.2, 0) is 2.69 Å². The standard InChI is InChI=1S/3H2O.O.Pb/h3*1H2;;. The molecule has 34 valence electrons. The topological polar surface area (TPSA) is 112 Å². The fourth-order valence-electron chi connectivity index (χ4n) is 0. The van der Waals surface area contributed by atoms with Crippen LogP contribution in [0.25, 0.3) is 0 Å². The van der Waals surface area contributed by atoms with E-state index < -0.39 is 0 Å². The Kier molecular flexibility index (Phi) is 1520. The molecule has 0 unspecified atom stereocenters. The third-order valence-electron chi connectivity index (χ3n) is 0. The van der Waals surface area contributed by atoms with E-state index in [4.69, 9.17) is 2.69 Å². The molecule has 0 aliphatic rings. The van der Waals surface area contributed by atoms with Gasteiger partial charge in [0.25, 0.3) is 0 Å². The quantitative estimate of drug-likeness (QED) is 0.432. The zero-order valence-electron chi connectivity index (χ0n) is 2.41. The Labute approximate surface area is 45.3 Å². The van der Waals surface area contributed by atoms with Gasteiger partial charge in [-0.25, -0.2) is 0 Å². The number of rotatable bonds is 0. The summed E-state index contributed by atoms with van der Waals surface area (Å²) in [7, 11) is 0. The molecule has 0 aliphatic carbocycles. The molecule has 5 heavy (non-hydrogen) atoms. The Morgan fingerprint density at radius 3 is 0.800 bits per heavy atom. The minimum atomic E-state index is 0. The number of hydrogen-bond donors (Lipinski definition) is 0. The molecule has 0 aliphatic heterocycles. The van der Waals surface area contributed by atoms with Crippen LogP contribution < -0.4 is 0 Å². The van der Waals surface area contributed by atoms with E-state index in [2.05, 4.69) is 0 Å². The molecule has 0 saturated carbocycles. The van der Waals surface area contributed by atoms with Gasteiger partial charge in [0.15, 0.2) is 0 Å². The first-order valence-electron chi connectivity index (χ1n) is 0.204. The fraction of sp³-hybridized carbons (Fsp3) is 0. The SMILES string of the molecule is O.O.O.[O]=[Pb]. The molecule has 0 aromatic carbocycles. The van der Waals surface area contributed by atoms with E-state index in [1.165, 1.54) is 0 Å². The predicted molar refractivity (Wildman–Crippen MR) is 17.3 cm³/mol. The molecule has 5 heteroatoms. The van der Waals surface area contributed by atoms with Gasteiger partial charge in [-0.1, -0.05) is 0 Å². The molecular formula is H6O4Pb. The van der Waals surface area contributed by atoms with Gasteiger partial charge in [0.05, 0.1) is 0 Å². The van der Waals surface area contributed by atoms with Gasteiger partial charge in [0.2, 0.25) is 0 Å². The van der Waals surface area contributed by atoms with Crippen molar-refractivity contribution in [1.82, 2.24) is 0 Å². The maximum atomic E-state index is 8.39. The normalized spacial score (nSPS) is 0.800. The predicted octanol–water partition coefficient (Wildman–Crippen LogP) is -2.97. The summed E-state index contributed by atoms with van der Waals surface area (Å²) in [6.07, 6.45) is 0. The molecule has 2 radical (unpaired) electrons. The molecule has 0 bridgehead atoms. The van der Waals surface area contributed by atoms with Crippen molar-refractivity contribution in [2.75, 3.05) is 0 Å². The van der Waals surface area contributed by atoms with E-state index >= 15 is 0 Å². The summed E-state index contributed by atoms with van der Waals surface area (Å²) in [5.74, 6) is 0. The third kappa shape index (κ3) is 86.0. The Balaban J connectivity index is -0.00000000167. The van der Waals surface area contributed by atoms with Crippen molar-refractivity contribution in [2.45, 2.75) is 0 Å². The van der Waals surface area contributed by atoms with Crippen LogP contribution in [0.4, 0.5) is 0 Å². The zero-order valence-corrected chi connectivity index (χ0v) is 6.30. The molecule has 0 spiro atoms. The monoisotopic (exact) mass is 278 g/mol.